The average Bonchev–Trinajstić information content (AvgIpc) is 2.61. The fourth-order valence-electron chi connectivity index (χ4n) is 3.56. The van der Waals surface area contributed by atoms with Crippen LogP contribution in [0.5, 0.6) is 0 Å². The summed E-state index contributed by atoms with van der Waals surface area (Å²) in [4.78, 5) is 0. The Morgan fingerprint density at radius 2 is 1.38 bits per heavy atom. The van der Waals surface area contributed by atoms with Crippen molar-refractivity contribution >= 4 is 0 Å². The molecule has 4 heteroatoms. The van der Waals surface area contributed by atoms with Gasteiger partial charge in [-0.3, -0.25) is 0 Å². The summed E-state index contributed by atoms with van der Waals surface area (Å²) in [5.74, 6) is -1.37. The molecule has 0 bridgehead atoms. The first kappa shape index (κ1) is 23.0. The van der Waals surface area contributed by atoms with Gasteiger partial charge in [0.25, 0.3) is 0 Å². The molecule has 0 heterocycles. The molecule has 0 aliphatic heterocycles. The molecule has 0 aliphatic carbocycles. The topological polar surface area (TPSA) is 18.5 Å². The summed E-state index contributed by atoms with van der Waals surface area (Å²) in [7, 11) is 3.36. The van der Waals surface area contributed by atoms with Gasteiger partial charge in [0, 0.05) is 26.2 Å². The highest BCUT2D eigenvalue weighted by molar-refractivity contribution is 5.17. The summed E-state index contributed by atoms with van der Waals surface area (Å²) in [5, 5.41) is 0. The van der Waals surface area contributed by atoms with Crippen LogP contribution in [0.2, 0.25) is 0 Å². The summed E-state index contributed by atoms with van der Waals surface area (Å²) in [5.41, 5.74) is 0.706. The first-order chi connectivity index (χ1) is 12.4. The summed E-state index contributed by atoms with van der Waals surface area (Å²) in [6.45, 7) is 4.21. The van der Waals surface area contributed by atoms with Gasteiger partial charge in [-0.2, -0.15) is 0 Å². The van der Waals surface area contributed by atoms with Crippen LogP contribution in [0, 0.1) is 17.6 Å². The van der Waals surface area contributed by atoms with Crippen LogP contribution in [0.25, 0.3) is 0 Å². The minimum atomic E-state index is -0.614. The zero-order chi connectivity index (χ0) is 19.4. The van der Waals surface area contributed by atoms with Crippen LogP contribution in [0.1, 0.15) is 77.2 Å². The lowest BCUT2D eigenvalue weighted by Gasteiger charge is -2.35. The molecular weight excluding hydrogens is 334 g/mol. The fourth-order valence-corrected chi connectivity index (χ4v) is 3.56. The van der Waals surface area contributed by atoms with E-state index in [0.717, 1.165) is 31.7 Å². The number of halogens is 2. The van der Waals surface area contributed by atoms with Crippen molar-refractivity contribution in [2.24, 2.45) is 5.92 Å². The van der Waals surface area contributed by atoms with Gasteiger partial charge in [-0.25, -0.2) is 8.78 Å². The maximum Gasteiger partial charge on any atom is 0.167 e. The molecule has 0 saturated carbocycles. The molecule has 1 atom stereocenters. The van der Waals surface area contributed by atoms with Crippen molar-refractivity contribution in [1.82, 2.24) is 0 Å². The van der Waals surface area contributed by atoms with Crippen LogP contribution < -0.4 is 0 Å². The zero-order valence-electron chi connectivity index (χ0n) is 17.0. The average molecular weight is 371 g/mol. The number of unbranched alkanes of at least 4 members (excludes halogenated alkanes) is 5. The van der Waals surface area contributed by atoms with Crippen molar-refractivity contribution in [3.63, 3.8) is 0 Å². The molecule has 1 aromatic carbocycles. The van der Waals surface area contributed by atoms with Crippen molar-refractivity contribution in [3.05, 3.63) is 35.4 Å². The maximum absolute atomic E-state index is 13.3. The Balaban J connectivity index is 2.53. The Morgan fingerprint density at radius 3 is 1.96 bits per heavy atom. The smallest absolute Gasteiger partial charge is 0.167 e. The number of ether oxygens (including phenoxy) is 2. The Kier molecular flexibility index (Phi) is 11.0. The summed E-state index contributed by atoms with van der Waals surface area (Å²) < 4.78 is 37.9. The van der Waals surface area contributed by atoms with Gasteiger partial charge in [0.1, 0.15) is 11.6 Å². The second-order valence-electron chi connectivity index (χ2n) is 7.35. The van der Waals surface area contributed by atoms with Gasteiger partial charge in [-0.1, -0.05) is 45.4 Å². The molecule has 150 valence electrons. The molecule has 0 radical (unpaired) electrons. The van der Waals surface area contributed by atoms with Crippen molar-refractivity contribution < 1.29 is 18.3 Å². The highest BCUT2D eigenvalue weighted by atomic mass is 19.1. The second-order valence-corrected chi connectivity index (χ2v) is 7.35. The van der Waals surface area contributed by atoms with E-state index in [0.29, 0.717) is 12.0 Å². The predicted molar refractivity (Wildman–Crippen MR) is 103 cm³/mol. The van der Waals surface area contributed by atoms with E-state index in [1.54, 1.807) is 14.2 Å². The third-order valence-corrected chi connectivity index (χ3v) is 5.40. The molecule has 2 nitrogen and oxygen atoms in total. The van der Waals surface area contributed by atoms with Crippen LogP contribution in [0.4, 0.5) is 8.78 Å². The molecule has 0 aliphatic rings. The zero-order valence-corrected chi connectivity index (χ0v) is 17.0. The van der Waals surface area contributed by atoms with Gasteiger partial charge in [-0.15, -0.1) is 0 Å². The summed E-state index contributed by atoms with van der Waals surface area (Å²) >= 11 is 0. The number of methoxy groups -OCH3 is 2. The molecule has 0 spiro atoms. The number of benzene rings is 1. The van der Waals surface area contributed by atoms with Crippen LogP contribution in [0.15, 0.2) is 18.2 Å². The monoisotopic (exact) mass is 370 g/mol. The lowest BCUT2D eigenvalue weighted by molar-refractivity contribution is -0.230. The maximum atomic E-state index is 13.3. The molecule has 1 unspecified atom stereocenters. The standard InChI is InChI=1S/C22H36F2O2/c1-5-6-7-8-9-10-13-19(22(2,25-3)26-4)14-11-12-18-15-20(23)17-21(24)16-18/h15-17,19H,5-14H2,1-4H3. The minimum Gasteiger partial charge on any atom is -0.353 e. The van der Waals surface area contributed by atoms with E-state index in [9.17, 15) is 8.78 Å². The Bertz CT molecular complexity index is 481. The van der Waals surface area contributed by atoms with Crippen molar-refractivity contribution in [2.75, 3.05) is 14.2 Å². The van der Waals surface area contributed by atoms with E-state index in [1.807, 2.05) is 6.92 Å². The Labute approximate surface area is 158 Å². The normalized spacial score (nSPS) is 13.2. The van der Waals surface area contributed by atoms with Gasteiger partial charge in [0.05, 0.1) is 0 Å². The molecular formula is C22H36F2O2. The van der Waals surface area contributed by atoms with E-state index in [-0.39, 0.29) is 5.92 Å². The van der Waals surface area contributed by atoms with Crippen LogP contribution in [0.3, 0.4) is 0 Å². The first-order valence-corrected chi connectivity index (χ1v) is 10.0. The minimum absolute atomic E-state index is 0.266. The molecule has 0 N–H and O–H groups in total. The largest absolute Gasteiger partial charge is 0.353 e. The Morgan fingerprint density at radius 1 is 0.846 bits per heavy atom. The number of hydrogen-bond donors (Lipinski definition) is 0. The molecule has 0 fully saturated rings. The number of rotatable bonds is 14. The van der Waals surface area contributed by atoms with Crippen molar-refractivity contribution in [3.8, 4) is 0 Å². The molecule has 0 amide bonds. The Hall–Kier alpha value is -1.00. The van der Waals surface area contributed by atoms with Crippen molar-refractivity contribution in [1.29, 1.82) is 0 Å². The number of aryl methyl sites for hydroxylation is 1. The third kappa shape index (κ3) is 8.13. The molecule has 1 rings (SSSR count). The highest BCUT2D eigenvalue weighted by Gasteiger charge is 2.33. The van der Waals surface area contributed by atoms with Gasteiger partial charge in [0.15, 0.2) is 5.79 Å². The molecule has 1 aromatic rings. The van der Waals surface area contributed by atoms with Gasteiger partial charge < -0.3 is 9.47 Å². The van der Waals surface area contributed by atoms with E-state index in [4.69, 9.17) is 9.47 Å². The molecule has 0 saturated heterocycles. The highest BCUT2D eigenvalue weighted by Crippen LogP contribution is 2.32. The van der Waals surface area contributed by atoms with Crippen LogP contribution >= 0.6 is 0 Å². The van der Waals surface area contributed by atoms with E-state index >= 15 is 0 Å². The van der Waals surface area contributed by atoms with E-state index in [2.05, 4.69) is 6.92 Å². The summed E-state index contributed by atoms with van der Waals surface area (Å²) in [6, 6.07) is 3.74. The molecule has 0 aromatic heterocycles. The van der Waals surface area contributed by atoms with E-state index in [1.165, 1.54) is 44.2 Å². The lowest BCUT2D eigenvalue weighted by atomic mass is 9.87. The van der Waals surface area contributed by atoms with Crippen molar-refractivity contribution in [2.45, 2.75) is 83.8 Å². The van der Waals surface area contributed by atoms with Gasteiger partial charge >= 0.3 is 0 Å². The quantitative estimate of drug-likeness (QED) is 0.269. The lowest BCUT2D eigenvalue weighted by Crippen LogP contribution is -2.39. The number of hydrogen-bond acceptors (Lipinski definition) is 2. The predicted octanol–water partition coefficient (Wildman–Crippen LogP) is 6.66. The summed E-state index contributed by atoms with van der Waals surface area (Å²) in [6.07, 6.45) is 11.0. The van der Waals surface area contributed by atoms with Crippen LogP contribution in [-0.4, -0.2) is 20.0 Å². The SMILES string of the molecule is CCCCCCCCC(CCCc1cc(F)cc(F)c1)C(C)(OC)OC. The fraction of sp³-hybridized carbons (Fsp3) is 0.727. The molecule has 26 heavy (non-hydrogen) atoms. The second kappa shape index (κ2) is 12.4. The van der Waals surface area contributed by atoms with Crippen LogP contribution in [-0.2, 0) is 15.9 Å². The van der Waals surface area contributed by atoms with E-state index < -0.39 is 17.4 Å². The first-order valence-electron chi connectivity index (χ1n) is 10.0. The third-order valence-electron chi connectivity index (χ3n) is 5.40. The van der Waals surface area contributed by atoms with Gasteiger partial charge in [-0.05, 0) is 50.3 Å². The van der Waals surface area contributed by atoms with Gasteiger partial charge in [0.2, 0.25) is 0 Å².